The third kappa shape index (κ3) is 3.75. The molecule has 0 radical (unpaired) electrons. The Kier molecular flexibility index (Phi) is 4.55. The lowest BCUT2D eigenvalue weighted by Crippen LogP contribution is -1.93. The normalized spacial score (nSPS) is 12.2. The average molecular weight is 374 g/mol. The van der Waals surface area contributed by atoms with Crippen LogP contribution < -0.4 is 5.43 Å². The number of thiazole rings is 1. The second kappa shape index (κ2) is 6.76. The van der Waals surface area contributed by atoms with E-state index < -0.39 is 0 Å². The molecule has 1 heterocycles. The molecule has 1 aromatic heterocycles. The molecule has 0 unspecified atom stereocenters. The zero-order valence-electron chi connectivity index (χ0n) is 11.7. The van der Waals surface area contributed by atoms with Crippen LogP contribution in [0.25, 0.3) is 10.2 Å². The number of hydrazone groups is 1. The van der Waals surface area contributed by atoms with Gasteiger partial charge in [-0.15, -0.1) is 10.2 Å². The lowest BCUT2D eigenvalue weighted by molar-refractivity contribution is 1.20. The number of hydrogen-bond acceptors (Lipinski definition) is 5. The Labute approximate surface area is 139 Å². The molecule has 3 rings (SSSR count). The molecule has 0 bridgehead atoms. The molecule has 3 aromatic rings. The lowest BCUT2D eigenvalue weighted by Gasteiger charge is -1.99. The molecule has 0 aliphatic carbocycles. The Morgan fingerprint density at radius 3 is 2.68 bits per heavy atom. The Morgan fingerprint density at radius 1 is 1.14 bits per heavy atom. The van der Waals surface area contributed by atoms with Crippen molar-refractivity contribution in [1.82, 2.24) is 4.98 Å². The van der Waals surface area contributed by atoms with Crippen LogP contribution >= 0.6 is 27.3 Å². The van der Waals surface area contributed by atoms with Crippen LogP contribution in [0, 0.1) is 0 Å². The molecule has 2 aromatic carbocycles. The van der Waals surface area contributed by atoms with Crippen molar-refractivity contribution in [2.45, 2.75) is 6.92 Å². The summed E-state index contributed by atoms with van der Waals surface area (Å²) in [6.45, 7) is 1.78. The number of anilines is 1. The number of aromatic nitrogens is 1. The van der Waals surface area contributed by atoms with Crippen molar-refractivity contribution in [1.29, 1.82) is 0 Å². The molecule has 22 heavy (non-hydrogen) atoms. The second-order valence-corrected chi connectivity index (χ2v) is 6.37. The number of halogens is 1. The lowest BCUT2D eigenvalue weighted by atomic mass is 10.3. The highest BCUT2D eigenvalue weighted by Gasteiger charge is 2.01. The molecule has 1 N–H and O–H groups in total. The minimum atomic E-state index is 0.530. The van der Waals surface area contributed by atoms with Gasteiger partial charge >= 0.3 is 0 Å². The summed E-state index contributed by atoms with van der Waals surface area (Å²) in [4.78, 5) is 4.39. The third-order valence-corrected chi connectivity index (χ3v) is 4.20. The third-order valence-electron chi connectivity index (χ3n) is 2.75. The summed E-state index contributed by atoms with van der Waals surface area (Å²) in [5, 5.41) is 13.0. The van der Waals surface area contributed by atoms with E-state index in [0.29, 0.717) is 11.0 Å². The highest BCUT2D eigenvalue weighted by molar-refractivity contribution is 9.10. The van der Waals surface area contributed by atoms with Crippen molar-refractivity contribution in [3.63, 3.8) is 0 Å². The fourth-order valence-electron chi connectivity index (χ4n) is 1.71. The van der Waals surface area contributed by atoms with Crippen molar-refractivity contribution >= 4 is 54.1 Å². The highest BCUT2D eigenvalue weighted by atomic mass is 79.9. The van der Waals surface area contributed by atoms with Gasteiger partial charge in [-0.25, -0.2) is 4.98 Å². The summed E-state index contributed by atoms with van der Waals surface area (Å²) in [5.74, 6) is 0.530. The smallest absolute Gasteiger partial charge is 0.231 e. The fraction of sp³-hybridized carbons (Fsp3) is 0.0667. The van der Waals surface area contributed by atoms with E-state index in [1.165, 1.54) is 11.3 Å². The summed E-state index contributed by atoms with van der Waals surface area (Å²) >= 11 is 4.89. The predicted octanol–water partition coefficient (Wildman–Crippen LogP) is 5.59. The molecule has 0 saturated carbocycles. The Morgan fingerprint density at radius 2 is 1.91 bits per heavy atom. The quantitative estimate of drug-likeness (QED) is 0.281. The van der Waals surface area contributed by atoms with Gasteiger partial charge in [0.1, 0.15) is 0 Å². The molecular formula is C15H12BrN5S. The van der Waals surface area contributed by atoms with Crippen LogP contribution in [0.4, 0.5) is 10.8 Å². The summed E-state index contributed by atoms with van der Waals surface area (Å²) in [6, 6.07) is 15.6. The molecule has 0 aliphatic rings. The highest BCUT2D eigenvalue weighted by Crippen LogP contribution is 2.27. The largest absolute Gasteiger partial charge is 0.277 e. The number of nitrogens with one attached hydrogen (secondary N) is 1. The van der Waals surface area contributed by atoms with Gasteiger partial charge in [-0.2, -0.15) is 5.10 Å². The number of para-hydroxylation sites is 1. The van der Waals surface area contributed by atoms with Crippen LogP contribution in [0.5, 0.6) is 0 Å². The van der Waals surface area contributed by atoms with E-state index in [1.54, 1.807) is 6.92 Å². The predicted molar refractivity (Wildman–Crippen MR) is 95.0 cm³/mol. The zero-order chi connectivity index (χ0) is 15.4. The minimum Gasteiger partial charge on any atom is -0.277 e. The summed E-state index contributed by atoms with van der Waals surface area (Å²) < 4.78 is 2.12. The first kappa shape index (κ1) is 14.8. The van der Waals surface area contributed by atoms with Crippen LogP contribution in [-0.2, 0) is 0 Å². The van der Waals surface area contributed by atoms with Crippen molar-refractivity contribution < 1.29 is 0 Å². The van der Waals surface area contributed by atoms with Gasteiger partial charge in [0.25, 0.3) is 0 Å². The number of azo groups is 1. The molecule has 7 heteroatoms. The minimum absolute atomic E-state index is 0.530. The van der Waals surface area contributed by atoms with Gasteiger partial charge in [-0.05, 0) is 43.3 Å². The van der Waals surface area contributed by atoms with E-state index in [0.717, 1.165) is 20.4 Å². The van der Waals surface area contributed by atoms with E-state index in [1.807, 2.05) is 48.5 Å². The maximum Gasteiger partial charge on any atom is 0.231 e. The van der Waals surface area contributed by atoms with E-state index >= 15 is 0 Å². The van der Waals surface area contributed by atoms with E-state index in [4.69, 9.17) is 0 Å². The molecule has 0 atom stereocenters. The summed E-state index contributed by atoms with van der Waals surface area (Å²) in [7, 11) is 0. The maximum absolute atomic E-state index is 4.39. The van der Waals surface area contributed by atoms with Gasteiger partial charge in [0, 0.05) is 4.47 Å². The molecule has 0 saturated heterocycles. The molecule has 0 amide bonds. The van der Waals surface area contributed by atoms with Crippen molar-refractivity contribution in [3.05, 3.63) is 53.0 Å². The number of nitrogens with zero attached hydrogens (tertiary/aromatic N) is 4. The number of benzene rings is 2. The monoisotopic (exact) mass is 373 g/mol. The van der Waals surface area contributed by atoms with Crippen molar-refractivity contribution in [2.24, 2.45) is 15.3 Å². The van der Waals surface area contributed by atoms with Gasteiger partial charge in [0.05, 0.1) is 15.9 Å². The second-order valence-electron chi connectivity index (χ2n) is 4.44. The number of hydrogen-bond donors (Lipinski definition) is 1. The maximum atomic E-state index is 4.39. The standard InChI is InChI=1S/C15H12BrN5S/c1-10(18-20-12-8-6-11(16)7-9-12)19-21-15-17-13-4-2-3-5-14(13)22-15/h2-9,20H,1H3. The Balaban J connectivity index is 1.68. The van der Waals surface area contributed by atoms with Crippen molar-refractivity contribution in [2.75, 3.05) is 5.43 Å². The van der Waals surface area contributed by atoms with E-state index in [9.17, 15) is 0 Å². The van der Waals surface area contributed by atoms with Crippen LogP contribution in [0.15, 0.2) is 68.3 Å². The molecular weight excluding hydrogens is 362 g/mol. The first-order valence-electron chi connectivity index (χ1n) is 6.54. The fourth-order valence-corrected chi connectivity index (χ4v) is 2.76. The van der Waals surface area contributed by atoms with Gasteiger partial charge in [0.2, 0.25) is 5.13 Å². The van der Waals surface area contributed by atoms with E-state index in [2.05, 4.69) is 41.7 Å². The first-order valence-corrected chi connectivity index (χ1v) is 8.15. The topological polar surface area (TPSA) is 62.0 Å². The van der Waals surface area contributed by atoms with Crippen LogP contribution in [-0.4, -0.2) is 10.8 Å². The molecule has 110 valence electrons. The number of rotatable bonds is 3. The van der Waals surface area contributed by atoms with E-state index in [-0.39, 0.29) is 0 Å². The number of fused-ring (bicyclic) bond motifs is 1. The van der Waals surface area contributed by atoms with Crippen LogP contribution in [0.1, 0.15) is 6.92 Å². The van der Waals surface area contributed by atoms with Gasteiger partial charge < -0.3 is 0 Å². The molecule has 0 fully saturated rings. The summed E-state index contributed by atoms with van der Waals surface area (Å²) in [5.41, 5.74) is 4.75. The van der Waals surface area contributed by atoms with Gasteiger partial charge in [-0.1, -0.05) is 39.4 Å². The van der Waals surface area contributed by atoms with Gasteiger partial charge in [0.15, 0.2) is 5.84 Å². The summed E-state index contributed by atoms with van der Waals surface area (Å²) in [6.07, 6.45) is 0. The van der Waals surface area contributed by atoms with Crippen LogP contribution in [0.3, 0.4) is 0 Å². The Hall–Kier alpha value is -2.12. The molecule has 5 nitrogen and oxygen atoms in total. The zero-order valence-corrected chi connectivity index (χ0v) is 14.1. The van der Waals surface area contributed by atoms with Gasteiger partial charge in [-0.3, -0.25) is 5.43 Å². The first-order chi connectivity index (χ1) is 10.7. The number of amidine groups is 1. The van der Waals surface area contributed by atoms with Crippen LogP contribution in [0.2, 0.25) is 0 Å². The molecule has 0 spiro atoms. The molecule has 0 aliphatic heterocycles. The Bertz CT molecular complexity index is 806. The average Bonchev–Trinajstić information content (AvgIpc) is 2.95. The SMILES string of the molecule is CC(N=Nc1nc2ccccc2s1)=NNc1ccc(Br)cc1. The van der Waals surface area contributed by atoms with Crippen molar-refractivity contribution in [3.8, 4) is 0 Å².